The number of carboxylic acid groups (broad SMARTS) is 1. The molecule has 2 aromatic carbocycles. The summed E-state index contributed by atoms with van der Waals surface area (Å²) in [5.74, 6) is -1.01. The summed E-state index contributed by atoms with van der Waals surface area (Å²) >= 11 is 0. The Labute approximate surface area is 172 Å². The van der Waals surface area contributed by atoms with Gasteiger partial charge in [-0.05, 0) is 35.1 Å². The van der Waals surface area contributed by atoms with E-state index in [1.807, 2.05) is 38.1 Å². The van der Waals surface area contributed by atoms with Crippen LogP contribution in [-0.2, 0) is 9.53 Å². The number of unbranched alkanes of at least 4 members (excludes halogenated alkanes) is 1. The van der Waals surface area contributed by atoms with Gasteiger partial charge in [0.05, 0.1) is 0 Å². The van der Waals surface area contributed by atoms with Crippen LogP contribution in [0, 0.1) is 0 Å². The molecular formula is C24H29NO4. The maximum atomic E-state index is 12.9. The largest absolute Gasteiger partial charge is 0.480 e. The summed E-state index contributed by atoms with van der Waals surface area (Å²) in [7, 11) is 0. The van der Waals surface area contributed by atoms with Crippen LogP contribution >= 0.6 is 0 Å². The highest BCUT2D eigenvalue weighted by molar-refractivity contribution is 5.81. The fourth-order valence-corrected chi connectivity index (χ4v) is 4.10. The van der Waals surface area contributed by atoms with E-state index in [9.17, 15) is 14.7 Å². The van der Waals surface area contributed by atoms with Crippen molar-refractivity contribution in [2.45, 2.75) is 51.5 Å². The van der Waals surface area contributed by atoms with E-state index in [1.165, 1.54) is 16.0 Å². The third kappa shape index (κ3) is 4.44. The molecule has 0 heterocycles. The first-order chi connectivity index (χ1) is 14.1. The molecule has 1 atom stereocenters. The molecule has 154 valence electrons. The first-order valence-corrected chi connectivity index (χ1v) is 10.4. The number of ether oxygens (including phenoxy) is 1. The molecule has 1 aliphatic rings. The van der Waals surface area contributed by atoms with Crippen molar-refractivity contribution in [3.05, 3.63) is 59.7 Å². The van der Waals surface area contributed by atoms with Gasteiger partial charge in [0, 0.05) is 12.5 Å². The number of carboxylic acids is 1. The van der Waals surface area contributed by atoms with Gasteiger partial charge in [-0.1, -0.05) is 75.2 Å². The van der Waals surface area contributed by atoms with Gasteiger partial charge in [-0.15, -0.1) is 0 Å². The molecule has 0 bridgehead atoms. The maximum absolute atomic E-state index is 12.9. The van der Waals surface area contributed by atoms with Crippen LogP contribution in [0.25, 0.3) is 11.1 Å². The standard InChI is InChI=1S/C24H29NO4/c1-3-5-14-22(23(26)27)25(15-4-2)24(28)29-16-21-19-12-8-6-10-17(19)18-11-7-9-13-20(18)21/h6-13,21-22H,3-5,14-16H2,1-2H3,(H,26,27). The lowest BCUT2D eigenvalue weighted by Gasteiger charge is -2.28. The highest BCUT2D eigenvalue weighted by Crippen LogP contribution is 2.44. The summed E-state index contributed by atoms with van der Waals surface area (Å²) in [5.41, 5.74) is 4.62. The molecule has 0 fully saturated rings. The van der Waals surface area contributed by atoms with E-state index in [4.69, 9.17) is 4.74 Å². The second-order valence-electron chi connectivity index (χ2n) is 7.49. The third-order valence-corrected chi connectivity index (χ3v) is 5.53. The fraction of sp³-hybridized carbons (Fsp3) is 0.417. The van der Waals surface area contributed by atoms with Crippen LogP contribution in [0.4, 0.5) is 4.79 Å². The normalized spacial score (nSPS) is 13.4. The van der Waals surface area contributed by atoms with Gasteiger partial charge in [0.15, 0.2) is 0 Å². The Morgan fingerprint density at radius 3 is 2.10 bits per heavy atom. The second kappa shape index (κ2) is 9.59. The summed E-state index contributed by atoms with van der Waals surface area (Å²) in [5, 5.41) is 9.64. The first kappa shape index (κ1) is 20.9. The number of aliphatic carboxylic acids is 1. The number of carbonyl (C=O) groups is 2. The number of benzene rings is 2. The molecule has 0 saturated heterocycles. The van der Waals surface area contributed by atoms with Gasteiger partial charge in [-0.3, -0.25) is 4.90 Å². The quantitative estimate of drug-likeness (QED) is 0.626. The molecule has 5 heteroatoms. The van der Waals surface area contributed by atoms with Gasteiger partial charge in [0.2, 0.25) is 0 Å². The number of carbonyl (C=O) groups excluding carboxylic acids is 1. The second-order valence-corrected chi connectivity index (χ2v) is 7.49. The lowest BCUT2D eigenvalue weighted by molar-refractivity contribution is -0.143. The van der Waals surface area contributed by atoms with Crippen molar-refractivity contribution in [1.29, 1.82) is 0 Å². The zero-order valence-corrected chi connectivity index (χ0v) is 17.1. The molecule has 3 rings (SSSR count). The van der Waals surface area contributed by atoms with Crippen LogP contribution in [-0.4, -0.2) is 41.3 Å². The predicted molar refractivity (Wildman–Crippen MR) is 113 cm³/mol. The number of nitrogens with zero attached hydrogens (tertiary/aromatic N) is 1. The van der Waals surface area contributed by atoms with Gasteiger partial charge in [0.1, 0.15) is 12.6 Å². The molecule has 0 aliphatic heterocycles. The van der Waals surface area contributed by atoms with Gasteiger partial charge in [-0.25, -0.2) is 9.59 Å². The van der Waals surface area contributed by atoms with Gasteiger partial charge < -0.3 is 9.84 Å². The molecule has 1 amide bonds. The zero-order chi connectivity index (χ0) is 20.8. The third-order valence-electron chi connectivity index (χ3n) is 5.53. The Morgan fingerprint density at radius 2 is 1.59 bits per heavy atom. The van der Waals surface area contributed by atoms with E-state index in [0.29, 0.717) is 19.4 Å². The minimum absolute atomic E-state index is 0.0336. The molecule has 0 radical (unpaired) electrons. The van der Waals surface area contributed by atoms with Crippen molar-refractivity contribution >= 4 is 12.1 Å². The van der Waals surface area contributed by atoms with Gasteiger partial charge >= 0.3 is 12.1 Å². The number of rotatable bonds is 9. The highest BCUT2D eigenvalue weighted by atomic mass is 16.6. The lowest BCUT2D eigenvalue weighted by Crippen LogP contribution is -2.46. The number of fused-ring (bicyclic) bond motifs is 3. The van der Waals surface area contributed by atoms with Crippen molar-refractivity contribution in [2.24, 2.45) is 0 Å². The monoisotopic (exact) mass is 395 g/mol. The molecule has 1 N–H and O–H groups in total. The Balaban J connectivity index is 1.77. The summed E-state index contributed by atoms with van der Waals surface area (Å²) in [6.07, 6.45) is 2.22. The Kier molecular flexibility index (Phi) is 6.91. The average Bonchev–Trinajstić information content (AvgIpc) is 3.05. The minimum atomic E-state index is -0.972. The van der Waals surface area contributed by atoms with Crippen LogP contribution in [0.15, 0.2) is 48.5 Å². The van der Waals surface area contributed by atoms with Crippen molar-refractivity contribution in [2.75, 3.05) is 13.2 Å². The zero-order valence-electron chi connectivity index (χ0n) is 17.1. The maximum Gasteiger partial charge on any atom is 0.410 e. The van der Waals surface area contributed by atoms with E-state index in [-0.39, 0.29) is 12.5 Å². The molecule has 0 spiro atoms. The molecule has 0 aromatic heterocycles. The van der Waals surface area contributed by atoms with Crippen molar-refractivity contribution < 1.29 is 19.4 Å². The van der Waals surface area contributed by atoms with Crippen molar-refractivity contribution in [3.63, 3.8) is 0 Å². The van der Waals surface area contributed by atoms with Gasteiger partial charge in [0.25, 0.3) is 0 Å². The van der Waals surface area contributed by atoms with E-state index in [0.717, 1.165) is 24.0 Å². The molecule has 0 saturated carbocycles. The van der Waals surface area contributed by atoms with Crippen molar-refractivity contribution in [3.8, 4) is 11.1 Å². The van der Waals surface area contributed by atoms with E-state index >= 15 is 0 Å². The molecule has 1 unspecified atom stereocenters. The topological polar surface area (TPSA) is 66.8 Å². The number of amides is 1. The van der Waals surface area contributed by atoms with Crippen LogP contribution in [0.2, 0.25) is 0 Å². The number of hydrogen-bond acceptors (Lipinski definition) is 3. The van der Waals surface area contributed by atoms with E-state index < -0.39 is 18.1 Å². The summed E-state index contributed by atoms with van der Waals surface area (Å²) in [6.45, 7) is 4.52. The SMILES string of the molecule is CCCCC(C(=O)O)N(CCC)C(=O)OCC1c2ccccc2-c2ccccc21. The predicted octanol–water partition coefficient (Wildman–Crippen LogP) is 5.29. The smallest absolute Gasteiger partial charge is 0.410 e. The van der Waals surface area contributed by atoms with Crippen LogP contribution in [0.3, 0.4) is 0 Å². The summed E-state index contributed by atoms with van der Waals surface area (Å²) in [4.78, 5) is 26.0. The molecular weight excluding hydrogens is 366 g/mol. The highest BCUT2D eigenvalue weighted by Gasteiger charge is 2.32. The molecule has 5 nitrogen and oxygen atoms in total. The Bertz CT molecular complexity index is 818. The van der Waals surface area contributed by atoms with Gasteiger partial charge in [-0.2, -0.15) is 0 Å². The lowest BCUT2D eigenvalue weighted by atomic mass is 9.98. The summed E-state index contributed by atoms with van der Waals surface area (Å²) in [6, 6.07) is 15.5. The van der Waals surface area contributed by atoms with Crippen LogP contribution in [0.5, 0.6) is 0 Å². The van der Waals surface area contributed by atoms with Crippen LogP contribution in [0.1, 0.15) is 56.6 Å². The first-order valence-electron chi connectivity index (χ1n) is 10.4. The van der Waals surface area contributed by atoms with E-state index in [1.54, 1.807) is 0 Å². The average molecular weight is 395 g/mol. The van der Waals surface area contributed by atoms with E-state index in [2.05, 4.69) is 24.3 Å². The minimum Gasteiger partial charge on any atom is -0.480 e. The Morgan fingerprint density at radius 1 is 1.00 bits per heavy atom. The van der Waals surface area contributed by atoms with Crippen molar-refractivity contribution in [1.82, 2.24) is 4.90 Å². The van der Waals surface area contributed by atoms with Crippen LogP contribution < -0.4 is 0 Å². The number of hydrogen-bond donors (Lipinski definition) is 1. The fourth-order valence-electron chi connectivity index (χ4n) is 4.10. The molecule has 29 heavy (non-hydrogen) atoms. The molecule has 2 aromatic rings. The Hall–Kier alpha value is -2.82. The molecule has 1 aliphatic carbocycles. The summed E-state index contributed by atoms with van der Waals surface area (Å²) < 4.78 is 5.69.